The molecule has 5 heteroatoms. The van der Waals surface area contributed by atoms with E-state index in [1.165, 1.54) is 0 Å². The zero-order valence-electron chi connectivity index (χ0n) is 7.44. The van der Waals surface area contributed by atoms with Crippen LogP contribution in [-0.4, -0.2) is 33.2 Å². The van der Waals surface area contributed by atoms with Gasteiger partial charge >= 0.3 is 0 Å². The van der Waals surface area contributed by atoms with Gasteiger partial charge in [0.25, 0.3) is 0 Å². The number of aromatic nitrogens is 4. The third kappa shape index (κ3) is 1.50. The molecule has 1 N–H and O–H groups in total. The second-order valence-corrected chi connectivity index (χ2v) is 2.78. The van der Waals surface area contributed by atoms with E-state index in [9.17, 15) is 0 Å². The van der Waals surface area contributed by atoms with Crippen LogP contribution in [0, 0.1) is 0 Å². The second kappa shape index (κ2) is 3.49. The summed E-state index contributed by atoms with van der Waals surface area (Å²) in [6.45, 7) is 0.898. The van der Waals surface area contributed by atoms with Crippen LogP contribution in [0.2, 0.25) is 0 Å². The van der Waals surface area contributed by atoms with Crippen molar-refractivity contribution in [3.63, 3.8) is 0 Å². The summed E-state index contributed by atoms with van der Waals surface area (Å²) in [6, 6.07) is 1.84. The lowest BCUT2D eigenvalue weighted by Crippen LogP contribution is -2.12. The molecule has 0 radical (unpaired) electrons. The Balaban J connectivity index is 2.35. The van der Waals surface area contributed by atoms with Crippen LogP contribution in [-0.2, 0) is 6.42 Å². The maximum atomic E-state index is 4.07. The van der Waals surface area contributed by atoms with Gasteiger partial charge in [0.1, 0.15) is 12.2 Å². The zero-order chi connectivity index (χ0) is 9.10. The molecule has 2 aromatic heterocycles. The van der Waals surface area contributed by atoms with Crippen LogP contribution in [0.3, 0.4) is 0 Å². The third-order valence-corrected chi connectivity index (χ3v) is 1.88. The summed E-state index contributed by atoms with van der Waals surface area (Å²) in [5, 5.41) is 11.2. The van der Waals surface area contributed by atoms with Crippen LogP contribution >= 0.6 is 0 Å². The molecule has 0 spiro atoms. The maximum absolute atomic E-state index is 4.07. The van der Waals surface area contributed by atoms with Gasteiger partial charge in [0.15, 0.2) is 5.65 Å². The van der Waals surface area contributed by atoms with Crippen LogP contribution in [0.1, 0.15) is 5.82 Å². The SMILES string of the molecule is CNCCc1nnc2ccncn12. The minimum absolute atomic E-state index is 0.848. The van der Waals surface area contributed by atoms with Crippen molar-refractivity contribution < 1.29 is 0 Å². The van der Waals surface area contributed by atoms with Crippen LogP contribution < -0.4 is 5.32 Å². The molecular weight excluding hydrogens is 166 g/mol. The lowest BCUT2D eigenvalue weighted by Gasteiger charge is -1.97. The lowest BCUT2D eigenvalue weighted by molar-refractivity contribution is 0.745. The zero-order valence-corrected chi connectivity index (χ0v) is 7.44. The van der Waals surface area contributed by atoms with Crippen LogP contribution in [0.25, 0.3) is 5.65 Å². The smallest absolute Gasteiger partial charge is 0.163 e. The molecule has 0 aromatic carbocycles. The first-order valence-electron chi connectivity index (χ1n) is 4.20. The van der Waals surface area contributed by atoms with E-state index in [-0.39, 0.29) is 0 Å². The molecule has 5 nitrogen and oxygen atoms in total. The Morgan fingerprint density at radius 2 is 2.38 bits per heavy atom. The van der Waals surface area contributed by atoms with E-state index in [1.807, 2.05) is 17.5 Å². The van der Waals surface area contributed by atoms with Gasteiger partial charge in [-0.1, -0.05) is 0 Å². The quantitative estimate of drug-likeness (QED) is 0.710. The second-order valence-electron chi connectivity index (χ2n) is 2.78. The first-order valence-corrected chi connectivity index (χ1v) is 4.20. The molecule has 0 saturated carbocycles. The van der Waals surface area contributed by atoms with Gasteiger partial charge in [0.05, 0.1) is 0 Å². The summed E-state index contributed by atoms with van der Waals surface area (Å²) in [6.07, 6.45) is 4.32. The summed E-state index contributed by atoms with van der Waals surface area (Å²) in [7, 11) is 1.92. The minimum atomic E-state index is 0.848. The molecule has 0 saturated heterocycles. The molecule has 0 unspecified atom stereocenters. The van der Waals surface area contributed by atoms with E-state index in [4.69, 9.17) is 0 Å². The van der Waals surface area contributed by atoms with Gasteiger partial charge in [0.2, 0.25) is 0 Å². The molecule has 2 rings (SSSR count). The van der Waals surface area contributed by atoms with E-state index in [0.717, 1.165) is 24.4 Å². The molecule has 0 aliphatic carbocycles. The molecule has 68 valence electrons. The van der Waals surface area contributed by atoms with Gasteiger partial charge in [0, 0.05) is 25.2 Å². The van der Waals surface area contributed by atoms with E-state index < -0.39 is 0 Å². The molecule has 0 aliphatic heterocycles. The molecule has 0 amide bonds. The Kier molecular flexibility index (Phi) is 2.18. The predicted molar refractivity (Wildman–Crippen MR) is 48.4 cm³/mol. The van der Waals surface area contributed by atoms with Crippen molar-refractivity contribution in [3.05, 3.63) is 24.4 Å². The van der Waals surface area contributed by atoms with Gasteiger partial charge in [-0.25, -0.2) is 4.98 Å². The van der Waals surface area contributed by atoms with Crippen molar-refractivity contribution in [2.24, 2.45) is 0 Å². The standard InChI is InChI=1S/C8H11N5/c1-9-4-2-7-11-12-8-3-5-10-6-13(7)8/h3,5-6,9H,2,4H2,1H3. The van der Waals surface area contributed by atoms with Gasteiger partial charge < -0.3 is 5.32 Å². The highest BCUT2D eigenvalue weighted by molar-refractivity contribution is 5.35. The van der Waals surface area contributed by atoms with Gasteiger partial charge in [-0.3, -0.25) is 4.40 Å². The van der Waals surface area contributed by atoms with Crippen LogP contribution in [0.4, 0.5) is 0 Å². The van der Waals surface area contributed by atoms with Crippen LogP contribution in [0.15, 0.2) is 18.6 Å². The Morgan fingerprint density at radius 3 is 3.23 bits per heavy atom. The average molecular weight is 177 g/mol. The van der Waals surface area contributed by atoms with Crippen molar-refractivity contribution in [1.29, 1.82) is 0 Å². The van der Waals surface area contributed by atoms with Gasteiger partial charge in [-0.05, 0) is 7.05 Å². The number of hydrogen-bond acceptors (Lipinski definition) is 4. The van der Waals surface area contributed by atoms with Crippen molar-refractivity contribution in [2.45, 2.75) is 6.42 Å². The number of fused-ring (bicyclic) bond motifs is 1. The molecular formula is C8H11N5. The number of likely N-dealkylation sites (N-methyl/N-ethyl adjacent to an activating group) is 1. The van der Waals surface area contributed by atoms with Crippen LogP contribution in [0.5, 0.6) is 0 Å². The van der Waals surface area contributed by atoms with E-state index >= 15 is 0 Å². The Bertz CT molecular complexity index is 394. The van der Waals surface area contributed by atoms with E-state index in [0.29, 0.717) is 0 Å². The molecule has 0 bridgehead atoms. The highest BCUT2D eigenvalue weighted by atomic mass is 15.3. The van der Waals surface area contributed by atoms with E-state index in [2.05, 4.69) is 20.5 Å². The third-order valence-electron chi connectivity index (χ3n) is 1.88. The first-order chi connectivity index (χ1) is 6.42. The summed E-state index contributed by atoms with van der Waals surface area (Å²) in [5.41, 5.74) is 0.848. The summed E-state index contributed by atoms with van der Waals surface area (Å²) < 4.78 is 1.90. The molecule has 0 aliphatic rings. The Morgan fingerprint density at radius 1 is 1.46 bits per heavy atom. The topological polar surface area (TPSA) is 55.1 Å². The average Bonchev–Trinajstić information content (AvgIpc) is 2.58. The first kappa shape index (κ1) is 8.12. The maximum Gasteiger partial charge on any atom is 0.163 e. The minimum Gasteiger partial charge on any atom is -0.319 e. The fourth-order valence-corrected chi connectivity index (χ4v) is 1.20. The number of rotatable bonds is 3. The molecule has 0 atom stereocenters. The fraction of sp³-hybridized carbons (Fsp3) is 0.375. The van der Waals surface area contributed by atoms with Gasteiger partial charge in [-0.15, -0.1) is 10.2 Å². The Hall–Kier alpha value is -1.49. The molecule has 13 heavy (non-hydrogen) atoms. The van der Waals surface area contributed by atoms with Gasteiger partial charge in [-0.2, -0.15) is 0 Å². The van der Waals surface area contributed by atoms with Crippen molar-refractivity contribution in [3.8, 4) is 0 Å². The number of nitrogens with one attached hydrogen (secondary N) is 1. The van der Waals surface area contributed by atoms with Crippen molar-refractivity contribution in [2.75, 3.05) is 13.6 Å². The number of hydrogen-bond donors (Lipinski definition) is 1. The van der Waals surface area contributed by atoms with Crippen molar-refractivity contribution >= 4 is 5.65 Å². The Labute approximate surface area is 75.8 Å². The molecule has 2 heterocycles. The van der Waals surface area contributed by atoms with E-state index in [1.54, 1.807) is 12.5 Å². The molecule has 2 aromatic rings. The summed E-state index contributed by atoms with van der Waals surface area (Å²) >= 11 is 0. The summed E-state index contributed by atoms with van der Waals surface area (Å²) in [4.78, 5) is 4.02. The predicted octanol–water partition coefficient (Wildman–Crippen LogP) is -0.114. The highest BCUT2D eigenvalue weighted by Crippen LogP contribution is 2.00. The highest BCUT2D eigenvalue weighted by Gasteiger charge is 2.02. The monoisotopic (exact) mass is 177 g/mol. The number of nitrogens with zero attached hydrogens (tertiary/aromatic N) is 4. The fourth-order valence-electron chi connectivity index (χ4n) is 1.20. The summed E-state index contributed by atoms with van der Waals surface area (Å²) in [5.74, 6) is 0.942. The lowest BCUT2D eigenvalue weighted by atomic mass is 10.4. The molecule has 0 fully saturated rings. The normalized spacial score (nSPS) is 10.8. The largest absolute Gasteiger partial charge is 0.319 e. The van der Waals surface area contributed by atoms with Crippen molar-refractivity contribution in [1.82, 2.24) is 24.9 Å².